The lowest BCUT2D eigenvalue weighted by atomic mass is 9.82. The number of rotatable bonds is 10. The second-order valence-corrected chi connectivity index (χ2v) is 21.0. The highest BCUT2D eigenvalue weighted by molar-refractivity contribution is 5.96. The average molecular weight is 1100 g/mol. The minimum Gasteiger partial charge on any atom is -0.481 e. The fraction of sp³-hybridized carbons (Fsp3) is 0.586. The SMILES string of the molecule is CC1/C=C/C=C/C=C/C=C/C=C/C=C/C=C/C(O[C@@H]2O[C@H](C)[C@@H](O)[C@H](N)[C@@H]2O)CC2O[C@](O)(CC(O)CC(O)CC(O)CC(O)CCCC(=O)CC(=O)OC1C(C)CCC(O)CC(=O)c1ccc(N)cc1)CC(O)C2C(=O)O. The lowest BCUT2D eigenvalue weighted by molar-refractivity contribution is -0.308. The lowest BCUT2D eigenvalue weighted by Gasteiger charge is -2.45. The van der Waals surface area contributed by atoms with Crippen molar-refractivity contribution in [3.8, 4) is 0 Å². The highest BCUT2D eigenvalue weighted by Gasteiger charge is 2.51. The standard InChI is InChI=1S/C58H84N2O18/c1-35-17-14-12-10-8-6-4-5-7-9-11-13-15-20-46(76-57-54(71)52(60)53(70)37(3)75-57)32-49-51(56(72)73)48(68)34-58(74,78-49)33-45(66)29-44(65)28-43(64)27-40(61)18-16-19-41(62)31-50(69)77-55(35)36(2)21-26-42(63)30-47(67)38-22-24-39(59)25-23-38/h4-15,17,20,22-25,35-37,40,42-46,48-49,51-55,57,61,63-66,68,70-71,74H,16,18-19,21,26-34,59-60H2,1-3H3,(H,72,73)/b5-4+,8-6+,9-7+,12-10+,13-11+,17-14+,20-15+/t35?,36?,37-,40?,42?,43?,44?,45?,46?,48?,49?,51?,52+,53-,54+,55?,57+,58-/m1/s1. The zero-order valence-electron chi connectivity index (χ0n) is 44.8. The molecule has 78 heavy (non-hydrogen) atoms. The Morgan fingerprint density at radius 1 is 0.756 bits per heavy atom. The number of ketones is 2. The Hall–Kier alpha value is -5.04. The second-order valence-electron chi connectivity index (χ2n) is 21.0. The number of carbonyl (C=O) groups excluding carboxylic acids is 3. The number of hydrogen-bond donors (Lipinski definition) is 12. The van der Waals surface area contributed by atoms with E-state index in [1.807, 2.05) is 19.9 Å². The van der Waals surface area contributed by atoms with E-state index < -0.39 is 141 Å². The highest BCUT2D eigenvalue weighted by Crippen LogP contribution is 2.38. The van der Waals surface area contributed by atoms with Gasteiger partial charge in [-0.2, -0.15) is 0 Å². The first kappa shape index (κ1) is 65.5. The number of anilines is 1. The molecule has 20 heteroatoms. The molecular weight excluding hydrogens is 1010 g/mol. The molecule has 0 aliphatic carbocycles. The Labute approximate surface area is 456 Å². The molecule has 18 atom stereocenters. The topological polar surface area (TPSA) is 360 Å². The van der Waals surface area contributed by atoms with E-state index in [1.54, 1.807) is 97.2 Å². The molecule has 20 nitrogen and oxygen atoms in total. The molecule has 3 aliphatic rings. The van der Waals surface area contributed by atoms with Crippen LogP contribution in [0.25, 0.3) is 0 Å². The predicted octanol–water partition coefficient (Wildman–Crippen LogP) is 3.32. The molecule has 2 bridgehead atoms. The van der Waals surface area contributed by atoms with Crippen molar-refractivity contribution < 1.29 is 89.2 Å². The molecule has 0 aromatic heterocycles. The molecule has 4 rings (SSSR count). The predicted molar refractivity (Wildman–Crippen MR) is 289 cm³/mol. The first-order valence-corrected chi connectivity index (χ1v) is 26.9. The van der Waals surface area contributed by atoms with Gasteiger partial charge in [0.1, 0.15) is 30.3 Å². The summed E-state index contributed by atoms with van der Waals surface area (Å²) in [4.78, 5) is 51.5. The number of Topliss-reactive ketones (excluding diaryl/α,β-unsaturated/α-hetero) is 2. The van der Waals surface area contributed by atoms with E-state index in [1.165, 1.54) is 13.0 Å². The van der Waals surface area contributed by atoms with Gasteiger partial charge >= 0.3 is 11.9 Å². The van der Waals surface area contributed by atoms with E-state index in [-0.39, 0.29) is 69.0 Å². The third kappa shape index (κ3) is 22.6. The number of nitrogens with two attached hydrogens (primary N) is 2. The van der Waals surface area contributed by atoms with Crippen molar-refractivity contribution in [2.45, 2.75) is 196 Å². The van der Waals surface area contributed by atoms with Crippen molar-refractivity contribution in [3.05, 3.63) is 115 Å². The second kappa shape index (κ2) is 32.9. The van der Waals surface area contributed by atoms with Crippen LogP contribution in [0.3, 0.4) is 0 Å². The van der Waals surface area contributed by atoms with E-state index in [0.717, 1.165) is 0 Å². The summed E-state index contributed by atoms with van der Waals surface area (Å²) < 4.78 is 23.7. The number of benzene rings is 1. The third-order valence-corrected chi connectivity index (χ3v) is 14.1. The monoisotopic (exact) mass is 1100 g/mol. The van der Waals surface area contributed by atoms with Crippen molar-refractivity contribution in [1.82, 2.24) is 0 Å². The van der Waals surface area contributed by atoms with Gasteiger partial charge in [0.15, 0.2) is 17.9 Å². The molecule has 2 fully saturated rings. The third-order valence-electron chi connectivity index (χ3n) is 14.1. The number of fused-ring (bicyclic) bond motifs is 2. The fourth-order valence-electron chi connectivity index (χ4n) is 9.84. The van der Waals surface area contributed by atoms with Gasteiger partial charge in [0.25, 0.3) is 0 Å². The number of aliphatic hydroxyl groups is 9. The van der Waals surface area contributed by atoms with Crippen LogP contribution in [-0.2, 0) is 33.3 Å². The summed E-state index contributed by atoms with van der Waals surface area (Å²) >= 11 is 0. The van der Waals surface area contributed by atoms with Gasteiger partial charge in [-0.3, -0.25) is 19.2 Å². The highest BCUT2D eigenvalue weighted by atomic mass is 16.7. The van der Waals surface area contributed by atoms with Crippen molar-refractivity contribution in [1.29, 1.82) is 0 Å². The molecule has 0 radical (unpaired) electrons. The summed E-state index contributed by atoms with van der Waals surface area (Å²) in [6.45, 7) is 5.27. The minimum absolute atomic E-state index is 0.0724. The lowest BCUT2D eigenvalue weighted by Crippen LogP contribution is -2.61. The van der Waals surface area contributed by atoms with Gasteiger partial charge in [0.2, 0.25) is 0 Å². The number of allylic oxidation sites excluding steroid dienone is 12. The number of carboxylic acid groups (broad SMARTS) is 1. The van der Waals surface area contributed by atoms with Crippen LogP contribution in [0.15, 0.2) is 109 Å². The average Bonchev–Trinajstić information content (AvgIpc) is 3.34. The van der Waals surface area contributed by atoms with E-state index in [4.69, 9.17) is 30.4 Å². The summed E-state index contributed by atoms with van der Waals surface area (Å²) in [6, 6.07) is 5.28. The Morgan fingerprint density at radius 2 is 1.32 bits per heavy atom. The number of carboxylic acids is 1. The number of carbonyl (C=O) groups is 4. The summed E-state index contributed by atoms with van der Waals surface area (Å²) in [5.74, 6) is -7.37. The van der Waals surface area contributed by atoms with Crippen molar-refractivity contribution in [2.24, 2.45) is 23.5 Å². The van der Waals surface area contributed by atoms with Crippen molar-refractivity contribution in [2.75, 3.05) is 5.73 Å². The van der Waals surface area contributed by atoms with Gasteiger partial charge in [0.05, 0.1) is 67.1 Å². The normalized spacial score (nSPS) is 37.8. The number of nitrogen functional groups attached to an aromatic ring is 1. The number of ether oxygens (including phenoxy) is 4. The van der Waals surface area contributed by atoms with Gasteiger partial charge in [-0.1, -0.05) is 98.9 Å². The molecule has 3 aliphatic heterocycles. The number of esters is 1. The van der Waals surface area contributed by atoms with Crippen LogP contribution in [0.4, 0.5) is 5.69 Å². The maximum Gasteiger partial charge on any atom is 0.313 e. The van der Waals surface area contributed by atoms with Gasteiger partial charge < -0.3 is 81.5 Å². The first-order chi connectivity index (χ1) is 36.9. The van der Waals surface area contributed by atoms with Crippen LogP contribution in [0.1, 0.15) is 115 Å². The Kier molecular flexibility index (Phi) is 27.6. The van der Waals surface area contributed by atoms with Gasteiger partial charge in [-0.25, -0.2) is 0 Å². The molecule has 0 amide bonds. The fourth-order valence-corrected chi connectivity index (χ4v) is 9.84. The molecule has 14 N–H and O–H groups in total. The van der Waals surface area contributed by atoms with Crippen LogP contribution in [0, 0.1) is 17.8 Å². The van der Waals surface area contributed by atoms with Gasteiger partial charge in [-0.05, 0) is 82.1 Å². The number of hydrogen-bond acceptors (Lipinski definition) is 19. The van der Waals surface area contributed by atoms with Crippen LogP contribution < -0.4 is 11.5 Å². The van der Waals surface area contributed by atoms with E-state index in [9.17, 15) is 70.2 Å². The molecule has 0 spiro atoms. The zero-order valence-corrected chi connectivity index (χ0v) is 44.8. The maximum absolute atomic E-state index is 13.2. The van der Waals surface area contributed by atoms with E-state index in [0.29, 0.717) is 17.7 Å². The summed E-state index contributed by atoms with van der Waals surface area (Å²) in [6.07, 6.45) is 5.99. The Morgan fingerprint density at radius 3 is 1.92 bits per heavy atom. The quantitative estimate of drug-likeness (QED) is 0.0692. The smallest absolute Gasteiger partial charge is 0.313 e. The Balaban J connectivity index is 1.52. The molecule has 12 unspecified atom stereocenters. The van der Waals surface area contributed by atoms with Crippen molar-refractivity contribution in [3.63, 3.8) is 0 Å². The summed E-state index contributed by atoms with van der Waals surface area (Å²) in [7, 11) is 0. The number of aliphatic carboxylic acids is 1. The maximum atomic E-state index is 13.2. The van der Waals surface area contributed by atoms with Crippen LogP contribution in [-0.4, -0.2) is 166 Å². The van der Waals surface area contributed by atoms with Gasteiger partial charge in [0, 0.05) is 49.3 Å². The van der Waals surface area contributed by atoms with Crippen molar-refractivity contribution >= 4 is 29.2 Å². The van der Waals surface area contributed by atoms with Crippen LogP contribution >= 0.6 is 0 Å². The zero-order chi connectivity index (χ0) is 57.5. The first-order valence-electron chi connectivity index (χ1n) is 26.9. The summed E-state index contributed by atoms with van der Waals surface area (Å²) in [5.41, 5.74) is 12.7. The van der Waals surface area contributed by atoms with Crippen LogP contribution in [0.5, 0.6) is 0 Å². The molecule has 1 aromatic rings. The number of cyclic esters (lactones) is 1. The van der Waals surface area contributed by atoms with E-state index in [2.05, 4.69) is 0 Å². The molecule has 2 saturated heterocycles. The molecule has 3 heterocycles. The molecule has 0 saturated carbocycles. The molecule has 1 aromatic carbocycles. The Bertz CT molecular complexity index is 2250. The molecule has 434 valence electrons. The van der Waals surface area contributed by atoms with E-state index >= 15 is 0 Å². The molecular formula is C58H84N2O18. The largest absolute Gasteiger partial charge is 0.481 e. The van der Waals surface area contributed by atoms with Crippen LogP contribution in [0.2, 0.25) is 0 Å². The minimum atomic E-state index is -2.31. The summed E-state index contributed by atoms with van der Waals surface area (Å²) in [5, 5.41) is 108. The van der Waals surface area contributed by atoms with Gasteiger partial charge in [-0.15, -0.1) is 0 Å². The number of aliphatic hydroxyl groups excluding tert-OH is 8.